The molecule has 2 aromatic carbocycles. The Balaban J connectivity index is 1.66. The van der Waals surface area contributed by atoms with Crippen LogP contribution in [0, 0.1) is 11.3 Å². The van der Waals surface area contributed by atoms with Gasteiger partial charge in [0.2, 0.25) is 0 Å². The smallest absolute Gasteiger partial charge is 0.0991 e. The van der Waals surface area contributed by atoms with Crippen LogP contribution in [0.3, 0.4) is 0 Å². The van der Waals surface area contributed by atoms with Gasteiger partial charge in [-0.3, -0.25) is 5.10 Å². The van der Waals surface area contributed by atoms with Crippen LogP contribution in [-0.4, -0.2) is 10.2 Å². The van der Waals surface area contributed by atoms with Gasteiger partial charge in [-0.25, -0.2) is 0 Å². The summed E-state index contributed by atoms with van der Waals surface area (Å²) in [6.07, 6.45) is 7.34. The number of aryl methyl sites for hydroxylation is 1. The van der Waals surface area contributed by atoms with E-state index >= 15 is 0 Å². The third kappa shape index (κ3) is 2.89. The summed E-state index contributed by atoms with van der Waals surface area (Å²) < 4.78 is 0. The lowest BCUT2D eigenvalue weighted by Gasteiger charge is -2.27. The van der Waals surface area contributed by atoms with Crippen molar-refractivity contribution in [2.24, 2.45) is 0 Å². The fourth-order valence-corrected chi connectivity index (χ4v) is 3.65. The van der Waals surface area contributed by atoms with Gasteiger partial charge in [0, 0.05) is 11.1 Å². The maximum Gasteiger partial charge on any atom is 0.0991 e. The Morgan fingerprint density at radius 3 is 3.04 bits per heavy atom. The standard InChI is InChI=1S/C21H20N4/c1-2-4-20-18-12-16(8-10-21(18)25-24-20)23-19-6-3-5-15-11-14(13-22)7-9-17(15)19/h2,4,7-12,19,23H,3,5-6H2,1H3,(H,24,25)/b4-2-/t19-/m0/s1. The van der Waals surface area contributed by atoms with Crippen LogP contribution in [-0.2, 0) is 6.42 Å². The summed E-state index contributed by atoms with van der Waals surface area (Å²) in [5.74, 6) is 0. The van der Waals surface area contributed by atoms with Crippen molar-refractivity contribution in [3.05, 3.63) is 64.9 Å². The summed E-state index contributed by atoms with van der Waals surface area (Å²) in [7, 11) is 0. The molecule has 0 saturated heterocycles. The second-order valence-electron chi connectivity index (χ2n) is 6.48. The van der Waals surface area contributed by atoms with Crippen LogP contribution < -0.4 is 5.32 Å². The highest BCUT2D eigenvalue weighted by atomic mass is 15.1. The first-order valence-corrected chi connectivity index (χ1v) is 8.69. The quantitative estimate of drug-likeness (QED) is 0.714. The van der Waals surface area contributed by atoms with Crippen LogP contribution in [0.5, 0.6) is 0 Å². The van der Waals surface area contributed by atoms with Gasteiger partial charge in [0.25, 0.3) is 0 Å². The van der Waals surface area contributed by atoms with Gasteiger partial charge >= 0.3 is 0 Å². The van der Waals surface area contributed by atoms with Crippen molar-refractivity contribution in [3.8, 4) is 6.07 Å². The predicted octanol–water partition coefficient (Wildman–Crippen LogP) is 4.96. The molecule has 1 aliphatic carbocycles. The fourth-order valence-electron chi connectivity index (χ4n) is 3.65. The monoisotopic (exact) mass is 328 g/mol. The predicted molar refractivity (Wildman–Crippen MR) is 101 cm³/mol. The van der Waals surface area contributed by atoms with Crippen molar-refractivity contribution in [1.82, 2.24) is 10.2 Å². The van der Waals surface area contributed by atoms with Crippen molar-refractivity contribution in [1.29, 1.82) is 5.26 Å². The van der Waals surface area contributed by atoms with Crippen LogP contribution in [0.1, 0.15) is 48.2 Å². The molecule has 124 valence electrons. The summed E-state index contributed by atoms with van der Waals surface area (Å²) in [6.45, 7) is 2.00. The van der Waals surface area contributed by atoms with Gasteiger partial charge in [0.1, 0.15) is 0 Å². The van der Waals surface area contributed by atoms with Crippen LogP contribution in [0.25, 0.3) is 17.0 Å². The van der Waals surface area contributed by atoms with E-state index in [1.165, 1.54) is 11.1 Å². The fraction of sp³-hybridized carbons (Fsp3) is 0.238. The van der Waals surface area contributed by atoms with Gasteiger partial charge in [-0.05, 0) is 73.7 Å². The molecule has 1 heterocycles. The van der Waals surface area contributed by atoms with E-state index in [1.54, 1.807) is 0 Å². The topological polar surface area (TPSA) is 64.5 Å². The molecule has 1 aliphatic rings. The lowest BCUT2D eigenvalue weighted by atomic mass is 9.86. The Labute approximate surface area is 147 Å². The molecular weight excluding hydrogens is 308 g/mol. The SMILES string of the molecule is C/C=C\c1[nH]nc2ccc(N[C@H]3CCCc4cc(C#N)ccc43)cc12. The number of rotatable bonds is 3. The first-order valence-electron chi connectivity index (χ1n) is 8.69. The highest BCUT2D eigenvalue weighted by Crippen LogP contribution is 2.34. The summed E-state index contributed by atoms with van der Waals surface area (Å²) >= 11 is 0. The molecule has 0 aliphatic heterocycles. The zero-order valence-corrected chi connectivity index (χ0v) is 14.2. The number of hydrogen-bond acceptors (Lipinski definition) is 3. The molecule has 0 bridgehead atoms. The number of aromatic amines is 1. The van der Waals surface area contributed by atoms with E-state index in [4.69, 9.17) is 5.26 Å². The highest BCUT2D eigenvalue weighted by Gasteiger charge is 2.20. The average molecular weight is 328 g/mol. The molecule has 1 aromatic heterocycles. The van der Waals surface area contributed by atoms with Gasteiger partial charge in [0.05, 0.1) is 28.9 Å². The zero-order valence-electron chi connectivity index (χ0n) is 14.2. The van der Waals surface area contributed by atoms with E-state index in [1.807, 2.05) is 37.3 Å². The molecule has 2 N–H and O–H groups in total. The van der Waals surface area contributed by atoms with Crippen molar-refractivity contribution >= 4 is 22.7 Å². The number of benzene rings is 2. The van der Waals surface area contributed by atoms with Gasteiger partial charge in [0.15, 0.2) is 0 Å². The first-order chi connectivity index (χ1) is 12.3. The van der Waals surface area contributed by atoms with Gasteiger partial charge < -0.3 is 5.32 Å². The number of nitrogens with zero attached hydrogens (tertiary/aromatic N) is 2. The van der Waals surface area contributed by atoms with Crippen LogP contribution >= 0.6 is 0 Å². The minimum Gasteiger partial charge on any atom is -0.378 e. The minimum absolute atomic E-state index is 0.283. The summed E-state index contributed by atoms with van der Waals surface area (Å²) in [5, 5.41) is 21.3. The van der Waals surface area contributed by atoms with Gasteiger partial charge in [-0.1, -0.05) is 12.1 Å². The molecule has 1 atom stereocenters. The van der Waals surface area contributed by atoms with E-state index in [-0.39, 0.29) is 6.04 Å². The normalized spacial score (nSPS) is 16.7. The van der Waals surface area contributed by atoms with Crippen LogP contribution in [0.2, 0.25) is 0 Å². The first kappa shape index (κ1) is 15.5. The number of nitrogens with one attached hydrogen (secondary N) is 2. The third-order valence-corrected chi connectivity index (χ3v) is 4.84. The maximum absolute atomic E-state index is 9.11. The molecular formula is C21H20N4. The number of nitriles is 1. The molecule has 0 unspecified atom stereocenters. The molecule has 0 saturated carbocycles. The maximum atomic E-state index is 9.11. The summed E-state index contributed by atoms with van der Waals surface area (Å²) in [6, 6.07) is 14.9. The Hall–Kier alpha value is -3.06. The van der Waals surface area contributed by atoms with Crippen molar-refractivity contribution in [2.75, 3.05) is 5.32 Å². The molecule has 25 heavy (non-hydrogen) atoms. The average Bonchev–Trinajstić information content (AvgIpc) is 3.04. The molecule has 4 rings (SSSR count). The zero-order chi connectivity index (χ0) is 17.2. The highest BCUT2D eigenvalue weighted by molar-refractivity contribution is 5.89. The van der Waals surface area contributed by atoms with Crippen molar-refractivity contribution < 1.29 is 0 Å². The van der Waals surface area contributed by atoms with E-state index < -0.39 is 0 Å². The second kappa shape index (κ2) is 6.45. The molecule has 0 amide bonds. The minimum atomic E-state index is 0.283. The number of anilines is 1. The summed E-state index contributed by atoms with van der Waals surface area (Å²) in [5.41, 5.74) is 6.45. The lowest BCUT2D eigenvalue weighted by molar-refractivity contribution is 0.600. The third-order valence-electron chi connectivity index (χ3n) is 4.84. The van der Waals surface area contributed by atoms with Gasteiger partial charge in [-0.15, -0.1) is 0 Å². The van der Waals surface area contributed by atoms with E-state index in [0.717, 1.165) is 47.1 Å². The number of fused-ring (bicyclic) bond motifs is 2. The number of hydrogen-bond donors (Lipinski definition) is 2. The lowest BCUT2D eigenvalue weighted by Crippen LogP contribution is -2.17. The van der Waals surface area contributed by atoms with E-state index in [2.05, 4.69) is 39.8 Å². The van der Waals surface area contributed by atoms with Crippen LogP contribution in [0.15, 0.2) is 42.5 Å². The number of allylic oxidation sites excluding steroid dienone is 1. The Bertz CT molecular complexity index is 991. The Kier molecular flexibility index (Phi) is 3.99. The molecule has 4 heteroatoms. The molecule has 0 radical (unpaired) electrons. The van der Waals surface area contributed by atoms with Crippen LogP contribution in [0.4, 0.5) is 5.69 Å². The molecule has 0 spiro atoms. The molecule has 3 aromatic rings. The van der Waals surface area contributed by atoms with E-state index in [0.29, 0.717) is 0 Å². The number of aromatic nitrogens is 2. The van der Waals surface area contributed by atoms with Gasteiger partial charge in [-0.2, -0.15) is 10.4 Å². The second-order valence-corrected chi connectivity index (χ2v) is 6.48. The molecule has 4 nitrogen and oxygen atoms in total. The Morgan fingerprint density at radius 2 is 2.20 bits per heavy atom. The van der Waals surface area contributed by atoms with Crippen molar-refractivity contribution in [2.45, 2.75) is 32.2 Å². The van der Waals surface area contributed by atoms with E-state index in [9.17, 15) is 0 Å². The number of H-pyrrole nitrogens is 1. The summed E-state index contributed by atoms with van der Waals surface area (Å²) in [4.78, 5) is 0. The largest absolute Gasteiger partial charge is 0.378 e. The van der Waals surface area contributed by atoms with Crippen molar-refractivity contribution in [3.63, 3.8) is 0 Å². The molecule has 0 fully saturated rings. The Morgan fingerprint density at radius 1 is 1.28 bits per heavy atom.